The van der Waals surface area contributed by atoms with Gasteiger partial charge in [0.15, 0.2) is 0 Å². The highest BCUT2D eigenvalue weighted by atomic mass is 16.5. The molecule has 1 N–H and O–H groups in total. The Morgan fingerprint density at radius 1 is 1.41 bits per heavy atom. The minimum Gasteiger partial charge on any atom is -0.361 e. The van der Waals surface area contributed by atoms with Gasteiger partial charge in [-0.05, 0) is 30.1 Å². The van der Waals surface area contributed by atoms with Gasteiger partial charge in [-0.25, -0.2) is 0 Å². The van der Waals surface area contributed by atoms with Gasteiger partial charge in [-0.1, -0.05) is 46.7 Å². The predicted octanol–water partition coefficient (Wildman–Crippen LogP) is 3.60. The molecule has 124 valence electrons. The van der Waals surface area contributed by atoms with Crippen LogP contribution < -0.4 is 5.32 Å². The lowest BCUT2D eigenvalue weighted by atomic mass is 9.57. The van der Waals surface area contributed by atoms with Crippen LogP contribution in [0.3, 0.4) is 0 Å². The number of hydrogen-bond acceptors (Lipinski definition) is 3. The molecule has 0 saturated heterocycles. The van der Waals surface area contributed by atoms with E-state index >= 15 is 0 Å². The molecule has 0 aliphatic heterocycles. The molecule has 1 fully saturated rings. The maximum absolute atomic E-state index is 11.9. The van der Waals surface area contributed by atoms with E-state index in [0.717, 1.165) is 30.7 Å². The van der Waals surface area contributed by atoms with Gasteiger partial charge in [0.25, 0.3) is 0 Å². The van der Waals surface area contributed by atoms with Crippen LogP contribution in [0.5, 0.6) is 0 Å². The Balaban J connectivity index is 1.90. The van der Waals surface area contributed by atoms with Crippen LogP contribution >= 0.6 is 0 Å². The standard InChI is InChI=1S/C18H30N2O2/c1-11(2)7-15-10-14(20-22-15)8-13-9-16(18(13,5)6)19-17(21)12(3)4/h10-13,16H,7-9H2,1-6H3,(H,19,21)/t13-,16+/m1/s1. The monoisotopic (exact) mass is 306 g/mol. The molecule has 2 rings (SSSR count). The molecule has 1 saturated carbocycles. The molecule has 0 bridgehead atoms. The quantitative estimate of drug-likeness (QED) is 0.873. The van der Waals surface area contributed by atoms with E-state index in [9.17, 15) is 4.79 Å². The molecular formula is C18H30N2O2. The number of carbonyl (C=O) groups excluding carboxylic acids is 1. The molecule has 4 nitrogen and oxygen atoms in total. The highest BCUT2D eigenvalue weighted by Crippen LogP contribution is 2.47. The van der Waals surface area contributed by atoms with Crippen LogP contribution in [-0.2, 0) is 17.6 Å². The molecular weight excluding hydrogens is 276 g/mol. The lowest BCUT2D eigenvalue weighted by Crippen LogP contribution is -2.59. The van der Waals surface area contributed by atoms with Crippen LogP contribution in [-0.4, -0.2) is 17.1 Å². The average Bonchev–Trinajstić information content (AvgIpc) is 2.83. The number of hydrogen-bond donors (Lipinski definition) is 1. The summed E-state index contributed by atoms with van der Waals surface area (Å²) in [5.41, 5.74) is 1.16. The first-order valence-corrected chi connectivity index (χ1v) is 8.45. The van der Waals surface area contributed by atoms with E-state index in [4.69, 9.17) is 4.52 Å². The summed E-state index contributed by atoms with van der Waals surface area (Å²) in [5, 5.41) is 7.38. The van der Waals surface area contributed by atoms with E-state index in [1.54, 1.807) is 0 Å². The topological polar surface area (TPSA) is 55.1 Å². The molecule has 4 heteroatoms. The molecule has 0 unspecified atom stereocenters. The SMILES string of the molecule is CC(C)Cc1cc(C[C@@H]2C[C@H](NC(=O)C(C)C)C2(C)C)no1. The second-order valence-corrected chi connectivity index (χ2v) is 8.06. The van der Waals surface area contributed by atoms with Crippen molar-refractivity contribution in [2.24, 2.45) is 23.2 Å². The van der Waals surface area contributed by atoms with Gasteiger partial charge >= 0.3 is 0 Å². The Bertz CT molecular complexity index is 517. The van der Waals surface area contributed by atoms with Crippen molar-refractivity contribution in [1.82, 2.24) is 10.5 Å². The van der Waals surface area contributed by atoms with E-state index in [-0.39, 0.29) is 23.3 Å². The van der Waals surface area contributed by atoms with Crippen molar-refractivity contribution >= 4 is 5.91 Å². The van der Waals surface area contributed by atoms with E-state index in [1.165, 1.54) is 0 Å². The molecule has 1 aromatic heterocycles. The van der Waals surface area contributed by atoms with Gasteiger partial charge in [0, 0.05) is 24.4 Å². The second kappa shape index (κ2) is 6.43. The van der Waals surface area contributed by atoms with E-state index in [1.807, 2.05) is 13.8 Å². The zero-order chi connectivity index (χ0) is 16.5. The van der Waals surface area contributed by atoms with Crippen LogP contribution in [0.15, 0.2) is 10.6 Å². The summed E-state index contributed by atoms with van der Waals surface area (Å²) in [5.74, 6) is 2.30. The number of amides is 1. The number of aromatic nitrogens is 1. The van der Waals surface area contributed by atoms with Crippen LogP contribution in [0.1, 0.15) is 59.4 Å². The number of nitrogens with one attached hydrogen (secondary N) is 1. The van der Waals surface area contributed by atoms with Crippen molar-refractivity contribution < 1.29 is 9.32 Å². The van der Waals surface area contributed by atoms with Crippen molar-refractivity contribution in [3.8, 4) is 0 Å². The van der Waals surface area contributed by atoms with Crippen molar-refractivity contribution in [2.75, 3.05) is 0 Å². The molecule has 1 aromatic rings. The van der Waals surface area contributed by atoms with Gasteiger partial charge in [-0.15, -0.1) is 0 Å². The Labute approximate surface area is 134 Å². The summed E-state index contributed by atoms with van der Waals surface area (Å²) in [7, 11) is 0. The lowest BCUT2D eigenvalue weighted by molar-refractivity contribution is -0.128. The molecule has 0 aromatic carbocycles. The van der Waals surface area contributed by atoms with Gasteiger partial charge in [0.2, 0.25) is 5.91 Å². The highest BCUT2D eigenvalue weighted by molar-refractivity contribution is 5.78. The first-order chi connectivity index (χ1) is 10.2. The van der Waals surface area contributed by atoms with Crippen LogP contribution in [0, 0.1) is 23.2 Å². The van der Waals surface area contributed by atoms with Gasteiger partial charge in [-0.3, -0.25) is 4.79 Å². The third kappa shape index (κ3) is 3.71. The first-order valence-electron chi connectivity index (χ1n) is 8.45. The first kappa shape index (κ1) is 17.0. The van der Waals surface area contributed by atoms with Crippen molar-refractivity contribution in [1.29, 1.82) is 0 Å². The van der Waals surface area contributed by atoms with Gasteiger partial charge < -0.3 is 9.84 Å². The number of rotatable bonds is 6. The zero-order valence-electron chi connectivity index (χ0n) is 14.8. The van der Waals surface area contributed by atoms with Gasteiger partial charge in [0.05, 0.1) is 5.69 Å². The fraction of sp³-hybridized carbons (Fsp3) is 0.778. The van der Waals surface area contributed by atoms with Crippen molar-refractivity contribution in [2.45, 2.75) is 66.8 Å². The Morgan fingerprint density at radius 3 is 2.64 bits per heavy atom. The maximum Gasteiger partial charge on any atom is 0.222 e. The minimum absolute atomic E-state index is 0.0454. The van der Waals surface area contributed by atoms with E-state index in [2.05, 4.69) is 44.2 Å². The van der Waals surface area contributed by atoms with Crippen LogP contribution in [0.2, 0.25) is 0 Å². The Morgan fingerprint density at radius 2 is 2.09 bits per heavy atom. The number of carbonyl (C=O) groups is 1. The summed E-state index contributed by atoms with van der Waals surface area (Å²) in [4.78, 5) is 11.9. The second-order valence-electron chi connectivity index (χ2n) is 8.06. The smallest absolute Gasteiger partial charge is 0.222 e. The van der Waals surface area contributed by atoms with Crippen LogP contribution in [0.25, 0.3) is 0 Å². The van der Waals surface area contributed by atoms with E-state index < -0.39 is 0 Å². The van der Waals surface area contributed by atoms with Gasteiger partial charge in [0.1, 0.15) is 5.76 Å². The lowest BCUT2D eigenvalue weighted by Gasteiger charge is -2.52. The fourth-order valence-electron chi connectivity index (χ4n) is 3.15. The summed E-state index contributed by atoms with van der Waals surface area (Å²) in [6.07, 6.45) is 2.90. The summed E-state index contributed by atoms with van der Waals surface area (Å²) >= 11 is 0. The summed E-state index contributed by atoms with van der Waals surface area (Å²) in [6.45, 7) is 12.7. The summed E-state index contributed by atoms with van der Waals surface area (Å²) < 4.78 is 5.42. The molecule has 0 spiro atoms. The van der Waals surface area contributed by atoms with Crippen LogP contribution in [0.4, 0.5) is 0 Å². The predicted molar refractivity (Wildman–Crippen MR) is 87.4 cm³/mol. The number of nitrogens with zero attached hydrogens (tertiary/aromatic N) is 1. The summed E-state index contributed by atoms with van der Waals surface area (Å²) in [6, 6.07) is 2.37. The maximum atomic E-state index is 11.9. The largest absolute Gasteiger partial charge is 0.361 e. The molecule has 1 aliphatic carbocycles. The highest BCUT2D eigenvalue weighted by Gasteiger charge is 2.48. The normalized spacial score (nSPS) is 23.6. The molecule has 2 atom stereocenters. The average molecular weight is 306 g/mol. The fourth-order valence-corrected chi connectivity index (χ4v) is 3.15. The zero-order valence-corrected chi connectivity index (χ0v) is 14.8. The third-order valence-electron chi connectivity index (χ3n) is 4.98. The molecule has 1 heterocycles. The third-order valence-corrected chi connectivity index (χ3v) is 4.98. The molecule has 0 radical (unpaired) electrons. The molecule has 22 heavy (non-hydrogen) atoms. The van der Waals surface area contributed by atoms with E-state index in [0.29, 0.717) is 11.8 Å². The van der Waals surface area contributed by atoms with Crippen molar-refractivity contribution in [3.05, 3.63) is 17.5 Å². The minimum atomic E-state index is 0.0454. The Kier molecular flexibility index (Phi) is 4.98. The molecule has 1 amide bonds. The Hall–Kier alpha value is -1.32. The van der Waals surface area contributed by atoms with Gasteiger partial charge in [-0.2, -0.15) is 0 Å². The molecule has 1 aliphatic rings. The van der Waals surface area contributed by atoms with Crippen molar-refractivity contribution in [3.63, 3.8) is 0 Å².